The van der Waals surface area contributed by atoms with Gasteiger partial charge in [0.1, 0.15) is 0 Å². The zero-order valence-corrected chi connectivity index (χ0v) is 15.2. The molecule has 3 rings (SSSR count). The van der Waals surface area contributed by atoms with Crippen LogP contribution < -0.4 is 10.6 Å². The number of para-hydroxylation sites is 1. The van der Waals surface area contributed by atoms with Gasteiger partial charge in [0, 0.05) is 37.0 Å². The Morgan fingerprint density at radius 1 is 1.08 bits per heavy atom. The van der Waals surface area contributed by atoms with Crippen molar-refractivity contribution in [3.05, 3.63) is 52.2 Å². The molecule has 1 aliphatic heterocycles. The summed E-state index contributed by atoms with van der Waals surface area (Å²) < 4.78 is 0. The molecule has 1 aromatic heterocycles. The highest BCUT2D eigenvalue weighted by Gasteiger charge is 2.22. The second kappa shape index (κ2) is 8.62. The monoisotopic (exact) mass is 371 g/mol. The molecule has 0 aliphatic carbocycles. The minimum Gasteiger partial charge on any atom is -0.351 e. The Labute approximate surface area is 156 Å². The molecule has 7 heteroatoms. The smallest absolute Gasteiger partial charge is 0.255 e. The van der Waals surface area contributed by atoms with Crippen LogP contribution in [0.2, 0.25) is 0 Å². The first-order chi connectivity index (χ1) is 12.6. The number of hydrogen-bond donors (Lipinski definition) is 2. The lowest BCUT2D eigenvalue weighted by atomic mass is 10.1. The molecule has 1 aliphatic rings. The molecule has 0 saturated carbocycles. The molecule has 0 spiro atoms. The van der Waals surface area contributed by atoms with Crippen molar-refractivity contribution in [1.82, 2.24) is 10.2 Å². The van der Waals surface area contributed by atoms with Crippen molar-refractivity contribution in [1.29, 1.82) is 0 Å². The first-order valence-corrected chi connectivity index (χ1v) is 9.58. The third-order valence-electron chi connectivity index (χ3n) is 4.25. The number of likely N-dealkylation sites (tertiary alicyclic amines) is 1. The number of carbonyl (C=O) groups is 3. The number of thiophene rings is 1. The second-order valence-electron chi connectivity index (χ2n) is 6.11. The molecular weight excluding hydrogens is 350 g/mol. The van der Waals surface area contributed by atoms with E-state index in [1.54, 1.807) is 35.7 Å². The van der Waals surface area contributed by atoms with Crippen LogP contribution in [0.25, 0.3) is 0 Å². The van der Waals surface area contributed by atoms with Gasteiger partial charge in [-0.15, -0.1) is 0 Å². The van der Waals surface area contributed by atoms with E-state index in [9.17, 15) is 14.4 Å². The summed E-state index contributed by atoms with van der Waals surface area (Å²) >= 11 is 1.45. The van der Waals surface area contributed by atoms with E-state index in [0.717, 1.165) is 25.9 Å². The van der Waals surface area contributed by atoms with Crippen molar-refractivity contribution in [2.75, 3.05) is 25.0 Å². The topological polar surface area (TPSA) is 78.5 Å². The molecule has 2 N–H and O–H groups in total. The summed E-state index contributed by atoms with van der Waals surface area (Å²) in [5, 5.41) is 9.09. The van der Waals surface area contributed by atoms with Gasteiger partial charge < -0.3 is 15.5 Å². The van der Waals surface area contributed by atoms with Gasteiger partial charge in [-0.1, -0.05) is 12.1 Å². The van der Waals surface area contributed by atoms with E-state index in [-0.39, 0.29) is 30.7 Å². The van der Waals surface area contributed by atoms with Crippen molar-refractivity contribution < 1.29 is 14.4 Å². The highest BCUT2D eigenvalue weighted by atomic mass is 32.1. The number of benzene rings is 1. The largest absolute Gasteiger partial charge is 0.351 e. The fraction of sp³-hybridized carbons (Fsp3) is 0.316. The van der Waals surface area contributed by atoms with Gasteiger partial charge in [0.25, 0.3) is 11.8 Å². The highest BCUT2D eigenvalue weighted by molar-refractivity contribution is 7.08. The van der Waals surface area contributed by atoms with E-state index in [4.69, 9.17) is 0 Å². The maximum atomic E-state index is 12.6. The van der Waals surface area contributed by atoms with Gasteiger partial charge in [-0.2, -0.15) is 11.3 Å². The zero-order chi connectivity index (χ0) is 18.4. The summed E-state index contributed by atoms with van der Waals surface area (Å²) in [4.78, 5) is 38.5. The van der Waals surface area contributed by atoms with Crippen LogP contribution in [0.15, 0.2) is 41.1 Å². The van der Waals surface area contributed by atoms with Gasteiger partial charge in [-0.05, 0) is 36.4 Å². The van der Waals surface area contributed by atoms with E-state index >= 15 is 0 Å². The lowest BCUT2D eigenvalue weighted by Crippen LogP contribution is -2.30. The molecule has 2 heterocycles. The molecular formula is C19H21N3O3S. The van der Waals surface area contributed by atoms with Crippen LogP contribution in [0.3, 0.4) is 0 Å². The predicted octanol–water partition coefficient (Wildman–Crippen LogP) is 2.74. The number of rotatable bonds is 6. The Balaban J connectivity index is 1.54. The van der Waals surface area contributed by atoms with Gasteiger partial charge in [0.2, 0.25) is 5.91 Å². The minimum absolute atomic E-state index is 0.0517. The van der Waals surface area contributed by atoms with Crippen molar-refractivity contribution in [2.45, 2.75) is 19.3 Å². The predicted molar refractivity (Wildman–Crippen MR) is 101 cm³/mol. The number of amides is 3. The molecule has 26 heavy (non-hydrogen) atoms. The highest BCUT2D eigenvalue weighted by Crippen LogP contribution is 2.20. The number of nitrogens with zero attached hydrogens (tertiary/aromatic N) is 1. The van der Waals surface area contributed by atoms with Crippen LogP contribution in [0.5, 0.6) is 0 Å². The van der Waals surface area contributed by atoms with E-state index in [1.165, 1.54) is 11.3 Å². The standard InChI is InChI=1S/C19H21N3O3S/c23-17(7-9-20-18(24)14-8-12-26-13-14)21-16-6-2-1-5-15(16)19(25)22-10-3-4-11-22/h1-2,5-6,8,12-13H,3-4,7,9-11H2,(H,20,24)(H,21,23). The van der Waals surface area contributed by atoms with Crippen LogP contribution in [0, 0.1) is 0 Å². The van der Waals surface area contributed by atoms with Crippen LogP contribution in [-0.2, 0) is 4.79 Å². The fourth-order valence-corrected chi connectivity index (χ4v) is 3.50. The van der Waals surface area contributed by atoms with Crippen molar-refractivity contribution in [2.24, 2.45) is 0 Å². The number of carbonyl (C=O) groups excluding carboxylic acids is 3. The number of hydrogen-bond acceptors (Lipinski definition) is 4. The lowest BCUT2D eigenvalue weighted by molar-refractivity contribution is -0.116. The molecule has 0 unspecified atom stereocenters. The van der Waals surface area contributed by atoms with E-state index in [2.05, 4.69) is 10.6 Å². The Hall–Kier alpha value is -2.67. The van der Waals surface area contributed by atoms with Crippen molar-refractivity contribution in [3.63, 3.8) is 0 Å². The average Bonchev–Trinajstić information content (AvgIpc) is 3.35. The molecule has 1 saturated heterocycles. The Morgan fingerprint density at radius 2 is 1.85 bits per heavy atom. The summed E-state index contributed by atoms with van der Waals surface area (Å²) in [6, 6.07) is 8.77. The molecule has 3 amide bonds. The van der Waals surface area contributed by atoms with E-state index in [0.29, 0.717) is 16.8 Å². The van der Waals surface area contributed by atoms with Crippen LogP contribution >= 0.6 is 11.3 Å². The van der Waals surface area contributed by atoms with Crippen LogP contribution in [0.1, 0.15) is 40.0 Å². The summed E-state index contributed by atoms with van der Waals surface area (Å²) in [5.74, 6) is -0.481. The Morgan fingerprint density at radius 3 is 2.58 bits per heavy atom. The number of nitrogens with one attached hydrogen (secondary N) is 2. The van der Waals surface area contributed by atoms with Crippen molar-refractivity contribution in [3.8, 4) is 0 Å². The molecule has 0 atom stereocenters. The molecule has 0 bridgehead atoms. The molecule has 0 radical (unpaired) electrons. The first-order valence-electron chi connectivity index (χ1n) is 8.63. The van der Waals surface area contributed by atoms with Crippen molar-refractivity contribution >= 4 is 34.7 Å². The first kappa shape index (κ1) is 18.1. The summed E-state index contributed by atoms with van der Waals surface area (Å²) in [6.45, 7) is 1.76. The van der Waals surface area contributed by atoms with E-state index < -0.39 is 0 Å². The maximum absolute atomic E-state index is 12.6. The third-order valence-corrected chi connectivity index (χ3v) is 4.93. The van der Waals surface area contributed by atoms with Gasteiger partial charge >= 0.3 is 0 Å². The minimum atomic E-state index is -0.239. The zero-order valence-electron chi connectivity index (χ0n) is 14.4. The molecule has 2 aromatic rings. The average molecular weight is 371 g/mol. The maximum Gasteiger partial charge on any atom is 0.255 e. The van der Waals surface area contributed by atoms with Gasteiger partial charge in [0.05, 0.1) is 11.3 Å². The molecule has 1 aromatic carbocycles. The van der Waals surface area contributed by atoms with Gasteiger partial charge in [-0.25, -0.2) is 0 Å². The van der Waals surface area contributed by atoms with Crippen LogP contribution in [0.4, 0.5) is 5.69 Å². The van der Waals surface area contributed by atoms with E-state index in [1.807, 2.05) is 10.3 Å². The Kier molecular flexibility index (Phi) is 6.01. The summed E-state index contributed by atoms with van der Waals surface area (Å²) in [7, 11) is 0. The normalized spacial score (nSPS) is 13.5. The molecule has 136 valence electrons. The summed E-state index contributed by atoms with van der Waals surface area (Å²) in [5.41, 5.74) is 1.61. The number of anilines is 1. The Bertz CT molecular complexity index is 783. The van der Waals surface area contributed by atoms with Crippen LogP contribution in [-0.4, -0.2) is 42.3 Å². The third kappa shape index (κ3) is 4.49. The fourth-order valence-electron chi connectivity index (χ4n) is 2.87. The second-order valence-corrected chi connectivity index (χ2v) is 6.89. The quantitative estimate of drug-likeness (QED) is 0.819. The molecule has 6 nitrogen and oxygen atoms in total. The SMILES string of the molecule is O=C(CCNC(=O)c1ccsc1)Nc1ccccc1C(=O)N1CCCC1. The lowest BCUT2D eigenvalue weighted by Gasteiger charge is -2.18. The van der Waals surface area contributed by atoms with Gasteiger partial charge in [0.15, 0.2) is 0 Å². The molecule has 1 fully saturated rings. The van der Waals surface area contributed by atoms with Gasteiger partial charge in [-0.3, -0.25) is 14.4 Å². The summed E-state index contributed by atoms with van der Waals surface area (Å²) in [6.07, 6.45) is 2.18.